The van der Waals surface area contributed by atoms with Gasteiger partial charge in [0.05, 0.1) is 18.9 Å². The van der Waals surface area contributed by atoms with Crippen molar-refractivity contribution in [2.45, 2.75) is 11.4 Å². The van der Waals surface area contributed by atoms with Crippen molar-refractivity contribution >= 4 is 27.3 Å². The predicted molar refractivity (Wildman–Crippen MR) is 65.4 cm³/mol. The number of H-pyrrole nitrogens is 1. The molecule has 2 heterocycles. The zero-order valence-electron chi connectivity index (χ0n) is 8.95. The van der Waals surface area contributed by atoms with Gasteiger partial charge in [-0.1, -0.05) is 11.3 Å². The van der Waals surface area contributed by atoms with Gasteiger partial charge in [0.2, 0.25) is 16.0 Å². The molecule has 0 spiro atoms. The highest BCUT2D eigenvalue weighted by Gasteiger charge is 2.15. The van der Waals surface area contributed by atoms with Crippen LogP contribution in [-0.4, -0.2) is 23.4 Å². The summed E-state index contributed by atoms with van der Waals surface area (Å²) in [6.07, 6.45) is 2.22. The normalized spacial score (nSPS) is 11.6. The SMILES string of the molecule is Nc1ncc(S(=O)(=O)NCc2csc(=O)[nH]2)cn1. The van der Waals surface area contributed by atoms with Crippen molar-refractivity contribution in [2.24, 2.45) is 0 Å². The molecule has 8 nitrogen and oxygen atoms in total. The van der Waals surface area contributed by atoms with Crippen LogP contribution in [0.1, 0.15) is 5.69 Å². The fraction of sp³-hybridized carbons (Fsp3) is 0.125. The van der Waals surface area contributed by atoms with Gasteiger partial charge in [0.1, 0.15) is 4.90 Å². The Balaban J connectivity index is 2.12. The van der Waals surface area contributed by atoms with Gasteiger partial charge in [-0.05, 0) is 0 Å². The predicted octanol–water partition coefficient (Wildman–Crippen LogP) is -0.713. The van der Waals surface area contributed by atoms with Crippen LogP contribution in [0.25, 0.3) is 0 Å². The van der Waals surface area contributed by atoms with Crippen LogP contribution in [0.4, 0.5) is 5.95 Å². The number of hydrogen-bond acceptors (Lipinski definition) is 7. The molecule has 2 aromatic rings. The minimum Gasteiger partial charge on any atom is -0.368 e. The van der Waals surface area contributed by atoms with E-state index in [9.17, 15) is 13.2 Å². The summed E-state index contributed by atoms with van der Waals surface area (Å²) in [5, 5.41) is 1.55. The number of aromatic nitrogens is 3. The fourth-order valence-electron chi connectivity index (χ4n) is 1.12. The van der Waals surface area contributed by atoms with E-state index >= 15 is 0 Å². The van der Waals surface area contributed by atoms with E-state index in [1.807, 2.05) is 0 Å². The third-order valence-corrected chi connectivity index (χ3v) is 4.06. The summed E-state index contributed by atoms with van der Waals surface area (Å²) in [4.78, 5) is 20.2. The molecule has 0 aliphatic rings. The molecule has 0 amide bonds. The van der Waals surface area contributed by atoms with Crippen molar-refractivity contribution in [3.63, 3.8) is 0 Å². The Bertz CT molecular complexity index is 688. The summed E-state index contributed by atoms with van der Waals surface area (Å²) < 4.78 is 25.9. The molecule has 0 bridgehead atoms. The largest absolute Gasteiger partial charge is 0.368 e. The molecule has 18 heavy (non-hydrogen) atoms. The van der Waals surface area contributed by atoms with Crippen LogP contribution in [0, 0.1) is 0 Å². The highest BCUT2D eigenvalue weighted by atomic mass is 32.2. The van der Waals surface area contributed by atoms with Gasteiger partial charge in [0.25, 0.3) is 0 Å². The lowest BCUT2D eigenvalue weighted by Crippen LogP contribution is -2.24. The summed E-state index contributed by atoms with van der Waals surface area (Å²) in [7, 11) is -3.71. The average molecular weight is 287 g/mol. The second kappa shape index (κ2) is 4.84. The van der Waals surface area contributed by atoms with E-state index in [1.165, 1.54) is 0 Å². The minimum absolute atomic E-state index is 0.00360. The summed E-state index contributed by atoms with van der Waals surface area (Å²) in [5.74, 6) is -0.00360. The molecule has 0 fully saturated rings. The van der Waals surface area contributed by atoms with Crippen molar-refractivity contribution in [1.29, 1.82) is 0 Å². The number of nitrogen functional groups attached to an aromatic ring is 1. The Hall–Kier alpha value is -1.78. The number of sulfonamides is 1. The second-order valence-corrected chi connectivity index (χ2v) is 5.88. The van der Waals surface area contributed by atoms with Gasteiger partial charge < -0.3 is 10.7 Å². The monoisotopic (exact) mass is 287 g/mol. The summed E-state index contributed by atoms with van der Waals surface area (Å²) in [5.41, 5.74) is 5.75. The number of hydrogen-bond donors (Lipinski definition) is 3. The topological polar surface area (TPSA) is 131 Å². The average Bonchev–Trinajstić information content (AvgIpc) is 2.73. The molecule has 0 atom stereocenters. The fourth-order valence-corrected chi connectivity index (χ4v) is 2.60. The molecule has 0 aromatic carbocycles. The van der Waals surface area contributed by atoms with E-state index < -0.39 is 10.0 Å². The highest BCUT2D eigenvalue weighted by molar-refractivity contribution is 7.89. The smallest absolute Gasteiger partial charge is 0.304 e. The standard InChI is InChI=1S/C8H9N5O3S2/c9-7-10-2-6(3-11-7)18(15,16)12-1-5-4-17-8(14)13-5/h2-4,12H,1H2,(H,13,14)(H2,9,10,11). The van der Waals surface area contributed by atoms with Crippen LogP contribution < -0.4 is 15.3 Å². The van der Waals surface area contributed by atoms with Crippen LogP contribution in [-0.2, 0) is 16.6 Å². The lowest BCUT2D eigenvalue weighted by atomic mass is 10.5. The maximum atomic E-state index is 11.8. The first-order valence-corrected chi connectivity index (χ1v) is 7.07. The van der Waals surface area contributed by atoms with E-state index in [0.29, 0.717) is 5.69 Å². The number of nitrogens with two attached hydrogens (primary N) is 1. The molecule has 0 saturated heterocycles. The summed E-state index contributed by atoms with van der Waals surface area (Å²) in [6.45, 7) is -0.00848. The number of anilines is 1. The number of rotatable bonds is 4. The van der Waals surface area contributed by atoms with Gasteiger partial charge in [-0.15, -0.1) is 0 Å². The Morgan fingerprint density at radius 2 is 2.06 bits per heavy atom. The first-order valence-electron chi connectivity index (χ1n) is 4.71. The molecule has 10 heteroatoms. The molecule has 0 unspecified atom stereocenters. The van der Waals surface area contributed by atoms with E-state index in [-0.39, 0.29) is 22.3 Å². The maximum Gasteiger partial charge on any atom is 0.304 e. The van der Waals surface area contributed by atoms with Gasteiger partial charge in [-0.3, -0.25) is 4.79 Å². The van der Waals surface area contributed by atoms with E-state index in [2.05, 4.69) is 19.7 Å². The molecular weight excluding hydrogens is 278 g/mol. The Labute approximate surface area is 106 Å². The number of thiazole rings is 1. The van der Waals surface area contributed by atoms with Crippen molar-refractivity contribution in [2.75, 3.05) is 5.73 Å². The van der Waals surface area contributed by atoms with Crippen LogP contribution in [0.3, 0.4) is 0 Å². The molecule has 4 N–H and O–H groups in total. The molecular formula is C8H9N5O3S2. The van der Waals surface area contributed by atoms with Crippen molar-refractivity contribution in [3.05, 3.63) is 33.1 Å². The lowest BCUT2D eigenvalue weighted by molar-refractivity contribution is 0.579. The van der Waals surface area contributed by atoms with Gasteiger partial charge in [0, 0.05) is 11.1 Å². The summed E-state index contributed by atoms with van der Waals surface area (Å²) in [6, 6.07) is 0. The third-order valence-electron chi connectivity index (χ3n) is 1.98. The van der Waals surface area contributed by atoms with E-state index in [4.69, 9.17) is 5.73 Å². The van der Waals surface area contributed by atoms with E-state index in [0.717, 1.165) is 23.7 Å². The first-order chi connectivity index (χ1) is 8.47. The molecule has 0 radical (unpaired) electrons. The maximum absolute atomic E-state index is 11.8. The second-order valence-electron chi connectivity index (χ2n) is 3.27. The number of nitrogens with zero attached hydrogens (tertiary/aromatic N) is 2. The van der Waals surface area contributed by atoms with Gasteiger partial charge >= 0.3 is 4.87 Å². The highest BCUT2D eigenvalue weighted by Crippen LogP contribution is 2.06. The summed E-state index contributed by atoms with van der Waals surface area (Å²) >= 11 is 0.966. The zero-order chi connectivity index (χ0) is 13.2. The van der Waals surface area contributed by atoms with Crippen LogP contribution in [0.15, 0.2) is 27.5 Å². The van der Waals surface area contributed by atoms with Gasteiger partial charge in [0.15, 0.2) is 0 Å². The van der Waals surface area contributed by atoms with Crippen molar-refractivity contribution < 1.29 is 8.42 Å². The molecule has 2 rings (SSSR count). The Morgan fingerprint density at radius 1 is 1.39 bits per heavy atom. The number of aromatic amines is 1. The van der Waals surface area contributed by atoms with Crippen LogP contribution in [0.5, 0.6) is 0 Å². The molecule has 2 aromatic heterocycles. The number of nitrogens with one attached hydrogen (secondary N) is 2. The van der Waals surface area contributed by atoms with Crippen LogP contribution >= 0.6 is 11.3 Å². The Morgan fingerprint density at radius 3 is 2.61 bits per heavy atom. The molecule has 0 saturated carbocycles. The van der Waals surface area contributed by atoms with Gasteiger partial charge in [-0.2, -0.15) is 0 Å². The quantitative estimate of drug-likeness (QED) is 0.680. The van der Waals surface area contributed by atoms with Crippen molar-refractivity contribution in [1.82, 2.24) is 19.7 Å². The van der Waals surface area contributed by atoms with Crippen molar-refractivity contribution in [3.8, 4) is 0 Å². The third kappa shape index (κ3) is 2.91. The van der Waals surface area contributed by atoms with E-state index in [1.54, 1.807) is 5.38 Å². The molecule has 96 valence electrons. The minimum atomic E-state index is -3.71. The van der Waals surface area contributed by atoms with Gasteiger partial charge in [-0.25, -0.2) is 23.1 Å². The molecule has 0 aliphatic heterocycles. The Kier molecular flexibility index (Phi) is 3.41. The first kappa shape index (κ1) is 12.7. The van der Waals surface area contributed by atoms with Crippen LogP contribution in [0.2, 0.25) is 0 Å². The lowest BCUT2D eigenvalue weighted by Gasteiger charge is -2.04. The molecule has 0 aliphatic carbocycles. The zero-order valence-corrected chi connectivity index (χ0v) is 10.6.